The molecule has 2 rings (SSSR count). The Morgan fingerprint density at radius 1 is 1.24 bits per heavy atom. The highest BCUT2D eigenvalue weighted by atomic mass is 16.5. The maximum Gasteiger partial charge on any atom is 0.0900 e. The third-order valence-corrected chi connectivity index (χ3v) is 4.01. The second-order valence-electron chi connectivity index (χ2n) is 5.39. The number of likely N-dealkylation sites (tertiary alicyclic amines) is 1. The Balaban J connectivity index is 1.58. The van der Waals surface area contributed by atoms with Gasteiger partial charge < -0.3 is 19.5 Å². The van der Waals surface area contributed by atoms with E-state index in [0.717, 1.165) is 18.4 Å². The standard InChI is InChI=1S/C13H25NO3/c1-16-5-6-17-10-13(15)9-14-7-11-3-2-4-12(11)8-14/h11-13,15H,2-10H2,1H3. The number of hydrogen-bond acceptors (Lipinski definition) is 4. The van der Waals surface area contributed by atoms with Gasteiger partial charge in [-0.05, 0) is 24.7 Å². The van der Waals surface area contributed by atoms with Crippen molar-refractivity contribution in [2.75, 3.05) is 46.6 Å². The smallest absolute Gasteiger partial charge is 0.0900 e. The quantitative estimate of drug-likeness (QED) is 0.670. The molecule has 2 fully saturated rings. The summed E-state index contributed by atoms with van der Waals surface area (Å²) in [5.41, 5.74) is 0. The van der Waals surface area contributed by atoms with Crippen LogP contribution in [0.2, 0.25) is 0 Å². The molecule has 0 aromatic rings. The molecule has 3 atom stereocenters. The largest absolute Gasteiger partial charge is 0.389 e. The molecule has 4 heteroatoms. The molecule has 1 saturated carbocycles. The second-order valence-corrected chi connectivity index (χ2v) is 5.39. The van der Waals surface area contributed by atoms with E-state index in [-0.39, 0.29) is 6.10 Å². The van der Waals surface area contributed by atoms with Crippen molar-refractivity contribution < 1.29 is 14.6 Å². The summed E-state index contributed by atoms with van der Waals surface area (Å²) in [5, 5.41) is 9.86. The number of ether oxygens (including phenoxy) is 2. The van der Waals surface area contributed by atoms with Crippen LogP contribution in [0.4, 0.5) is 0 Å². The van der Waals surface area contributed by atoms with Crippen LogP contribution >= 0.6 is 0 Å². The molecule has 2 aliphatic rings. The zero-order chi connectivity index (χ0) is 12.1. The lowest BCUT2D eigenvalue weighted by Crippen LogP contribution is -2.34. The van der Waals surface area contributed by atoms with E-state index in [1.165, 1.54) is 32.4 Å². The molecule has 1 N–H and O–H groups in total. The number of rotatable bonds is 7. The summed E-state index contributed by atoms with van der Waals surface area (Å²) in [4.78, 5) is 2.40. The van der Waals surface area contributed by atoms with Gasteiger partial charge >= 0.3 is 0 Å². The number of nitrogens with zero attached hydrogens (tertiary/aromatic N) is 1. The van der Waals surface area contributed by atoms with Crippen LogP contribution < -0.4 is 0 Å². The maximum atomic E-state index is 9.86. The molecule has 3 unspecified atom stereocenters. The zero-order valence-electron chi connectivity index (χ0n) is 10.8. The fourth-order valence-electron chi connectivity index (χ4n) is 3.19. The molecule has 17 heavy (non-hydrogen) atoms. The van der Waals surface area contributed by atoms with Gasteiger partial charge in [0.2, 0.25) is 0 Å². The fraction of sp³-hybridized carbons (Fsp3) is 1.00. The van der Waals surface area contributed by atoms with Gasteiger partial charge in [-0.25, -0.2) is 0 Å². The van der Waals surface area contributed by atoms with Gasteiger partial charge in [-0.2, -0.15) is 0 Å². The van der Waals surface area contributed by atoms with Crippen LogP contribution in [0.1, 0.15) is 19.3 Å². The van der Waals surface area contributed by atoms with Gasteiger partial charge in [-0.15, -0.1) is 0 Å². The summed E-state index contributed by atoms with van der Waals surface area (Å²) < 4.78 is 10.2. The molecule has 1 aliphatic heterocycles. The third kappa shape index (κ3) is 3.91. The average Bonchev–Trinajstić information content (AvgIpc) is 2.84. The zero-order valence-corrected chi connectivity index (χ0v) is 10.8. The first-order valence-electron chi connectivity index (χ1n) is 6.76. The van der Waals surface area contributed by atoms with E-state index in [2.05, 4.69) is 4.90 Å². The molecule has 0 amide bonds. The van der Waals surface area contributed by atoms with Crippen LogP contribution in [-0.4, -0.2) is 62.7 Å². The molecule has 0 aromatic heterocycles. The van der Waals surface area contributed by atoms with E-state index < -0.39 is 0 Å². The Kier molecular flexibility index (Phi) is 5.22. The SMILES string of the molecule is COCCOCC(O)CN1CC2CCCC2C1. The second kappa shape index (κ2) is 6.69. The molecular weight excluding hydrogens is 218 g/mol. The molecule has 1 heterocycles. The van der Waals surface area contributed by atoms with E-state index in [9.17, 15) is 5.11 Å². The van der Waals surface area contributed by atoms with Gasteiger partial charge in [0, 0.05) is 26.7 Å². The van der Waals surface area contributed by atoms with Crippen molar-refractivity contribution in [2.24, 2.45) is 11.8 Å². The van der Waals surface area contributed by atoms with E-state index in [4.69, 9.17) is 9.47 Å². The number of β-amino-alcohol motifs (C(OH)–C–C–N with tert-alkyl or cyclic N) is 1. The predicted octanol–water partition coefficient (Wildman–Crippen LogP) is 0.742. The number of aliphatic hydroxyl groups is 1. The number of aliphatic hydroxyl groups excluding tert-OH is 1. The Morgan fingerprint density at radius 2 is 1.94 bits per heavy atom. The minimum Gasteiger partial charge on any atom is -0.389 e. The highest BCUT2D eigenvalue weighted by molar-refractivity contribution is 4.89. The minimum absolute atomic E-state index is 0.356. The van der Waals surface area contributed by atoms with Crippen molar-refractivity contribution in [3.05, 3.63) is 0 Å². The summed E-state index contributed by atoms with van der Waals surface area (Å²) in [6.45, 7) is 4.72. The predicted molar refractivity (Wildman–Crippen MR) is 66.0 cm³/mol. The third-order valence-electron chi connectivity index (χ3n) is 4.01. The van der Waals surface area contributed by atoms with Crippen molar-refractivity contribution >= 4 is 0 Å². The molecule has 0 radical (unpaired) electrons. The topological polar surface area (TPSA) is 41.9 Å². The van der Waals surface area contributed by atoms with E-state index in [1.54, 1.807) is 7.11 Å². The first kappa shape index (κ1) is 13.3. The van der Waals surface area contributed by atoms with Crippen LogP contribution in [0.15, 0.2) is 0 Å². The van der Waals surface area contributed by atoms with E-state index in [1.807, 2.05) is 0 Å². The van der Waals surface area contributed by atoms with Crippen molar-refractivity contribution in [1.82, 2.24) is 4.90 Å². The van der Waals surface area contributed by atoms with Gasteiger partial charge in [0.1, 0.15) is 0 Å². The lowest BCUT2D eigenvalue weighted by molar-refractivity contribution is 0.00133. The summed E-state index contributed by atoms with van der Waals surface area (Å²) in [6.07, 6.45) is 3.83. The Hall–Kier alpha value is -0.160. The molecule has 0 bridgehead atoms. The monoisotopic (exact) mass is 243 g/mol. The molecule has 0 aromatic carbocycles. The summed E-state index contributed by atoms with van der Waals surface area (Å²) in [7, 11) is 1.66. The van der Waals surface area contributed by atoms with Gasteiger partial charge in [-0.3, -0.25) is 0 Å². The minimum atomic E-state index is -0.356. The van der Waals surface area contributed by atoms with Crippen molar-refractivity contribution in [3.8, 4) is 0 Å². The lowest BCUT2D eigenvalue weighted by Gasteiger charge is -2.20. The normalized spacial score (nSPS) is 30.7. The summed E-state index contributed by atoms with van der Waals surface area (Å²) in [5.74, 6) is 1.80. The van der Waals surface area contributed by atoms with Crippen LogP contribution in [0, 0.1) is 11.8 Å². The van der Waals surface area contributed by atoms with E-state index in [0.29, 0.717) is 19.8 Å². The molecule has 0 spiro atoms. The Morgan fingerprint density at radius 3 is 2.59 bits per heavy atom. The Labute approximate surface area is 104 Å². The molecular formula is C13H25NO3. The molecule has 4 nitrogen and oxygen atoms in total. The van der Waals surface area contributed by atoms with Crippen LogP contribution in [0.5, 0.6) is 0 Å². The van der Waals surface area contributed by atoms with Crippen molar-refractivity contribution in [2.45, 2.75) is 25.4 Å². The number of methoxy groups -OCH3 is 1. The van der Waals surface area contributed by atoms with Gasteiger partial charge in [0.05, 0.1) is 25.9 Å². The average molecular weight is 243 g/mol. The number of hydrogen-bond donors (Lipinski definition) is 1. The molecule has 1 saturated heterocycles. The summed E-state index contributed by atoms with van der Waals surface area (Å²) in [6, 6.07) is 0. The van der Waals surface area contributed by atoms with Gasteiger partial charge in [0.15, 0.2) is 0 Å². The highest BCUT2D eigenvalue weighted by Crippen LogP contribution is 2.37. The van der Waals surface area contributed by atoms with Crippen LogP contribution in [0.25, 0.3) is 0 Å². The van der Waals surface area contributed by atoms with Crippen LogP contribution in [-0.2, 0) is 9.47 Å². The molecule has 1 aliphatic carbocycles. The first-order chi connectivity index (χ1) is 8.29. The lowest BCUT2D eigenvalue weighted by atomic mass is 10.0. The Bertz CT molecular complexity index is 213. The van der Waals surface area contributed by atoms with Crippen molar-refractivity contribution in [3.63, 3.8) is 0 Å². The van der Waals surface area contributed by atoms with Gasteiger partial charge in [-0.1, -0.05) is 6.42 Å². The molecule has 100 valence electrons. The fourth-order valence-corrected chi connectivity index (χ4v) is 3.19. The van der Waals surface area contributed by atoms with Crippen molar-refractivity contribution in [1.29, 1.82) is 0 Å². The number of fused-ring (bicyclic) bond motifs is 1. The maximum absolute atomic E-state index is 9.86. The summed E-state index contributed by atoms with van der Waals surface area (Å²) >= 11 is 0. The first-order valence-corrected chi connectivity index (χ1v) is 6.76. The van der Waals surface area contributed by atoms with E-state index >= 15 is 0 Å². The van der Waals surface area contributed by atoms with Crippen LogP contribution in [0.3, 0.4) is 0 Å². The highest BCUT2D eigenvalue weighted by Gasteiger charge is 2.36. The van der Waals surface area contributed by atoms with Gasteiger partial charge in [0.25, 0.3) is 0 Å².